The summed E-state index contributed by atoms with van der Waals surface area (Å²) in [5, 5.41) is 4.15. The highest BCUT2D eigenvalue weighted by molar-refractivity contribution is 6.37. The van der Waals surface area contributed by atoms with Crippen LogP contribution in [0, 0.1) is 5.82 Å². The van der Waals surface area contributed by atoms with E-state index in [1.165, 1.54) is 30.6 Å². The Morgan fingerprint density at radius 2 is 1.84 bits per heavy atom. The van der Waals surface area contributed by atoms with E-state index in [-0.39, 0.29) is 33.8 Å². The summed E-state index contributed by atoms with van der Waals surface area (Å²) >= 11 is 12.3. The first kappa shape index (κ1) is 19.0. The number of ether oxygens (including phenoxy) is 1. The number of carbonyl (C=O) groups is 1. The molecule has 1 amide bonds. The van der Waals surface area contributed by atoms with Gasteiger partial charge in [-0.15, -0.1) is 0 Å². The highest BCUT2D eigenvalue weighted by Gasteiger charge is 2.14. The van der Waals surface area contributed by atoms with E-state index in [0.29, 0.717) is 0 Å². The summed E-state index contributed by atoms with van der Waals surface area (Å²) in [6.07, 6.45) is 1.45. The van der Waals surface area contributed by atoms with Crippen molar-refractivity contribution in [1.82, 2.24) is 10.3 Å². The monoisotopic (exact) mass is 383 g/mol. The second-order valence-electron chi connectivity index (χ2n) is 5.33. The Balaban J connectivity index is 2.08. The highest BCUT2D eigenvalue weighted by Crippen LogP contribution is 2.34. The largest absolute Gasteiger partial charge is 0.486 e. The Morgan fingerprint density at radius 1 is 1.24 bits per heavy atom. The van der Waals surface area contributed by atoms with Gasteiger partial charge in [0.2, 0.25) is 0 Å². The number of rotatable bonds is 6. The third-order valence-electron chi connectivity index (χ3n) is 3.01. The van der Waals surface area contributed by atoms with Crippen LogP contribution < -0.4 is 10.2 Å². The summed E-state index contributed by atoms with van der Waals surface area (Å²) in [5.74, 6) is -0.528. The van der Waals surface area contributed by atoms with E-state index in [4.69, 9.17) is 27.9 Å². The molecule has 0 aromatic heterocycles. The van der Waals surface area contributed by atoms with Gasteiger partial charge in [0.1, 0.15) is 18.8 Å². The summed E-state index contributed by atoms with van der Waals surface area (Å²) in [4.78, 5) is 13.7. The van der Waals surface area contributed by atoms with Gasteiger partial charge in [-0.25, -0.2) is 9.82 Å². The molecule has 0 bridgehead atoms. The standard InChI is InChI=1S/C17H16Cl2FN3O2/c1-23(2)10-21-22-17(24)12-7-14(18)16(15(19)8-12)25-9-11-3-5-13(20)6-4-11/h3-8,10H,9H2,1-2H3,(H,22,24)/b21-10-. The molecule has 2 aromatic carbocycles. The first-order valence-corrected chi connectivity index (χ1v) is 7.98. The molecule has 0 unspecified atom stereocenters. The number of carbonyl (C=O) groups excluding carboxylic acids is 1. The van der Waals surface area contributed by atoms with E-state index in [1.807, 2.05) is 0 Å². The van der Waals surface area contributed by atoms with Gasteiger partial charge in [0, 0.05) is 19.7 Å². The summed E-state index contributed by atoms with van der Waals surface area (Å²) in [6.45, 7) is 0.165. The van der Waals surface area contributed by atoms with E-state index >= 15 is 0 Å². The van der Waals surface area contributed by atoms with Crippen LogP contribution in [0.5, 0.6) is 5.75 Å². The third-order valence-corrected chi connectivity index (χ3v) is 3.57. The second-order valence-corrected chi connectivity index (χ2v) is 6.15. The number of benzene rings is 2. The van der Waals surface area contributed by atoms with E-state index in [1.54, 1.807) is 31.1 Å². The highest BCUT2D eigenvalue weighted by atomic mass is 35.5. The van der Waals surface area contributed by atoms with E-state index in [0.717, 1.165) is 5.56 Å². The van der Waals surface area contributed by atoms with Crippen LogP contribution in [0.2, 0.25) is 10.0 Å². The molecular weight excluding hydrogens is 368 g/mol. The minimum absolute atomic E-state index is 0.165. The third kappa shape index (κ3) is 5.62. The van der Waals surface area contributed by atoms with Crippen molar-refractivity contribution in [2.75, 3.05) is 14.1 Å². The molecule has 0 aliphatic carbocycles. The Labute approximate surface area is 155 Å². The van der Waals surface area contributed by atoms with Crippen molar-refractivity contribution in [2.24, 2.45) is 5.10 Å². The predicted molar refractivity (Wildman–Crippen MR) is 96.8 cm³/mol. The summed E-state index contributed by atoms with van der Waals surface area (Å²) in [7, 11) is 3.55. The SMILES string of the molecule is CN(C)/C=N\NC(=O)c1cc(Cl)c(OCc2ccc(F)cc2)c(Cl)c1. The molecule has 1 N–H and O–H groups in total. The van der Waals surface area contributed by atoms with Crippen molar-refractivity contribution in [3.05, 3.63) is 63.4 Å². The van der Waals surface area contributed by atoms with Crippen molar-refractivity contribution in [3.8, 4) is 5.75 Å². The lowest BCUT2D eigenvalue weighted by Gasteiger charge is -2.11. The zero-order valence-electron chi connectivity index (χ0n) is 13.6. The minimum atomic E-state index is -0.452. The smallest absolute Gasteiger partial charge is 0.271 e. The zero-order chi connectivity index (χ0) is 18.4. The van der Waals surface area contributed by atoms with Crippen LogP contribution in [0.25, 0.3) is 0 Å². The van der Waals surface area contributed by atoms with Crippen LogP contribution in [-0.2, 0) is 6.61 Å². The van der Waals surface area contributed by atoms with Gasteiger partial charge >= 0.3 is 0 Å². The first-order valence-electron chi connectivity index (χ1n) is 7.23. The van der Waals surface area contributed by atoms with Crippen LogP contribution in [0.4, 0.5) is 4.39 Å². The molecule has 0 heterocycles. The lowest BCUT2D eigenvalue weighted by Crippen LogP contribution is -2.20. The van der Waals surface area contributed by atoms with Gasteiger partial charge in [0.05, 0.1) is 10.0 Å². The molecule has 0 atom stereocenters. The van der Waals surface area contributed by atoms with Crippen molar-refractivity contribution in [3.63, 3.8) is 0 Å². The van der Waals surface area contributed by atoms with Gasteiger partial charge in [0.25, 0.3) is 5.91 Å². The van der Waals surface area contributed by atoms with Crippen LogP contribution in [0.15, 0.2) is 41.5 Å². The first-order chi connectivity index (χ1) is 11.9. The molecule has 0 radical (unpaired) electrons. The molecule has 132 valence electrons. The van der Waals surface area contributed by atoms with E-state index in [9.17, 15) is 9.18 Å². The molecule has 2 aromatic rings. The fourth-order valence-corrected chi connectivity index (χ4v) is 2.43. The van der Waals surface area contributed by atoms with Crippen molar-refractivity contribution >= 4 is 35.4 Å². The Kier molecular flexibility index (Phi) is 6.61. The Hall–Kier alpha value is -2.31. The number of hydrogen-bond acceptors (Lipinski definition) is 3. The van der Waals surface area contributed by atoms with Gasteiger partial charge in [-0.2, -0.15) is 5.10 Å². The van der Waals surface area contributed by atoms with Gasteiger partial charge in [-0.05, 0) is 29.8 Å². The molecule has 8 heteroatoms. The Bertz CT molecular complexity index is 757. The van der Waals surface area contributed by atoms with Crippen LogP contribution in [0.1, 0.15) is 15.9 Å². The average Bonchev–Trinajstić information content (AvgIpc) is 2.55. The van der Waals surface area contributed by atoms with Crippen molar-refractivity contribution in [2.45, 2.75) is 6.61 Å². The molecule has 0 spiro atoms. The fourth-order valence-electron chi connectivity index (χ4n) is 1.83. The summed E-state index contributed by atoms with van der Waals surface area (Å²) in [6, 6.07) is 8.75. The minimum Gasteiger partial charge on any atom is -0.486 e. The average molecular weight is 384 g/mol. The molecule has 0 saturated carbocycles. The fraction of sp³-hybridized carbons (Fsp3) is 0.176. The number of nitrogens with zero attached hydrogens (tertiary/aromatic N) is 2. The quantitative estimate of drug-likeness (QED) is 0.466. The number of hydrogen-bond donors (Lipinski definition) is 1. The van der Waals surface area contributed by atoms with Crippen molar-refractivity contribution in [1.29, 1.82) is 0 Å². The molecule has 5 nitrogen and oxygen atoms in total. The Morgan fingerprint density at radius 3 is 2.40 bits per heavy atom. The zero-order valence-corrected chi connectivity index (χ0v) is 15.1. The van der Waals surface area contributed by atoms with E-state index in [2.05, 4.69) is 10.5 Å². The number of nitrogens with one attached hydrogen (secondary N) is 1. The maximum Gasteiger partial charge on any atom is 0.271 e. The molecule has 25 heavy (non-hydrogen) atoms. The molecule has 2 rings (SSSR count). The van der Waals surface area contributed by atoms with Gasteiger partial charge in [-0.1, -0.05) is 35.3 Å². The van der Waals surface area contributed by atoms with Gasteiger partial charge < -0.3 is 9.64 Å². The molecule has 0 aliphatic heterocycles. The van der Waals surface area contributed by atoms with Gasteiger partial charge in [-0.3, -0.25) is 4.79 Å². The van der Waals surface area contributed by atoms with Gasteiger partial charge in [0.15, 0.2) is 5.75 Å². The normalized spacial score (nSPS) is 10.8. The maximum atomic E-state index is 12.9. The van der Waals surface area contributed by atoms with Crippen LogP contribution >= 0.6 is 23.2 Å². The molecule has 0 saturated heterocycles. The van der Waals surface area contributed by atoms with Crippen LogP contribution in [-0.4, -0.2) is 31.2 Å². The maximum absolute atomic E-state index is 12.9. The molecule has 0 aliphatic rings. The lowest BCUT2D eigenvalue weighted by atomic mass is 10.2. The predicted octanol–water partition coefficient (Wildman–Crippen LogP) is 3.95. The molecular formula is C17H16Cl2FN3O2. The second kappa shape index (κ2) is 8.69. The van der Waals surface area contributed by atoms with Crippen molar-refractivity contribution < 1.29 is 13.9 Å². The summed E-state index contributed by atoms with van der Waals surface area (Å²) < 4.78 is 18.5. The number of hydrazone groups is 1. The molecule has 0 fully saturated rings. The topological polar surface area (TPSA) is 53.9 Å². The number of halogens is 3. The number of amides is 1. The summed E-state index contributed by atoms with van der Waals surface area (Å²) in [5.41, 5.74) is 3.37. The van der Waals surface area contributed by atoms with E-state index < -0.39 is 5.91 Å². The van der Waals surface area contributed by atoms with Crippen LogP contribution in [0.3, 0.4) is 0 Å². The lowest BCUT2D eigenvalue weighted by molar-refractivity contribution is 0.0954.